The summed E-state index contributed by atoms with van der Waals surface area (Å²) in [7, 11) is 2.93. The fourth-order valence-electron chi connectivity index (χ4n) is 3.52. The summed E-state index contributed by atoms with van der Waals surface area (Å²) in [5, 5.41) is 9.01. The highest BCUT2D eigenvalue weighted by atomic mass is 19.1. The van der Waals surface area contributed by atoms with Gasteiger partial charge in [0.25, 0.3) is 5.91 Å². The fourth-order valence-corrected chi connectivity index (χ4v) is 3.52. The molecule has 8 nitrogen and oxygen atoms in total. The van der Waals surface area contributed by atoms with Gasteiger partial charge in [0.15, 0.2) is 0 Å². The molecule has 10 heteroatoms. The van der Waals surface area contributed by atoms with Gasteiger partial charge >= 0.3 is 5.97 Å². The monoisotopic (exact) mass is 428 g/mol. The van der Waals surface area contributed by atoms with E-state index in [0.29, 0.717) is 22.6 Å². The highest BCUT2D eigenvalue weighted by Gasteiger charge is 2.45. The third-order valence-corrected chi connectivity index (χ3v) is 5.51. The number of benzene rings is 2. The molecule has 0 aliphatic carbocycles. The molecule has 2 aromatic rings. The van der Waals surface area contributed by atoms with Crippen LogP contribution in [0, 0.1) is 5.82 Å². The zero-order chi connectivity index (χ0) is 22.8. The summed E-state index contributed by atoms with van der Waals surface area (Å²) in [5.41, 5.74) is 5.19. The number of carbonyl (C=O) groups excluding carboxylic acids is 2. The van der Waals surface area contributed by atoms with Crippen LogP contribution in [0.1, 0.15) is 34.3 Å². The fraction of sp³-hybridized carbons (Fsp3) is 0.286. The summed E-state index contributed by atoms with van der Waals surface area (Å²) in [4.78, 5) is 37.4. The Morgan fingerprint density at radius 3 is 2.71 bits per heavy atom. The topological polar surface area (TPSA) is 119 Å². The number of carboxylic acids is 1. The van der Waals surface area contributed by atoms with Crippen molar-refractivity contribution in [3.63, 3.8) is 0 Å². The standard InChI is InChI=1S/C21H22BFN2O6/c1-30-13-5-6-16(23)12(9-13)11-31-17-4-2-3-14-15(17)10-25(19(14)28)21(22,20(24)29)8-7-18(26)27/h2-6,9H,7-8,10-11,22H2,1H3,(H2,24,29)(H,26,27)/t21-/m1/s1. The number of aliphatic carboxylic acids is 1. The van der Waals surface area contributed by atoms with Crippen molar-refractivity contribution in [2.24, 2.45) is 5.73 Å². The van der Waals surface area contributed by atoms with E-state index in [2.05, 4.69) is 0 Å². The van der Waals surface area contributed by atoms with Gasteiger partial charge in [-0.15, -0.1) is 0 Å². The van der Waals surface area contributed by atoms with Crippen LogP contribution in [-0.4, -0.2) is 48.2 Å². The van der Waals surface area contributed by atoms with Crippen LogP contribution in [-0.2, 0) is 22.7 Å². The van der Waals surface area contributed by atoms with Gasteiger partial charge < -0.3 is 25.2 Å². The average molecular weight is 428 g/mol. The van der Waals surface area contributed by atoms with Crippen molar-refractivity contribution >= 4 is 25.6 Å². The first-order chi connectivity index (χ1) is 14.7. The number of hydrogen-bond acceptors (Lipinski definition) is 5. The normalized spacial score (nSPS) is 14.6. The van der Waals surface area contributed by atoms with Crippen molar-refractivity contribution < 1.29 is 33.4 Å². The molecule has 0 aromatic heterocycles. The number of methoxy groups -OCH3 is 1. The zero-order valence-corrected chi connectivity index (χ0v) is 17.2. The summed E-state index contributed by atoms with van der Waals surface area (Å²) in [6, 6.07) is 9.15. The van der Waals surface area contributed by atoms with E-state index in [1.54, 1.807) is 18.2 Å². The lowest BCUT2D eigenvalue weighted by molar-refractivity contribution is -0.137. The Balaban J connectivity index is 1.86. The van der Waals surface area contributed by atoms with Gasteiger partial charge in [0, 0.05) is 23.1 Å². The maximum absolute atomic E-state index is 14.1. The predicted molar refractivity (Wildman–Crippen MR) is 111 cm³/mol. The smallest absolute Gasteiger partial charge is 0.303 e. The molecule has 1 heterocycles. The van der Waals surface area contributed by atoms with E-state index in [9.17, 15) is 18.8 Å². The largest absolute Gasteiger partial charge is 0.497 e. The Bertz CT molecular complexity index is 1050. The maximum Gasteiger partial charge on any atom is 0.303 e. The van der Waals surface area contributed by atoms with E-state index in [-0.39, 0.29) is 31.6 Å². The molecular weight excluding hydrogens is 406 g/mol. The molecule has 0 bridgehead atoms. The molecule has 0 saturated heterocycles. The molecule has 31 heavy (non-hydrogen) atoms. The summed E-state index contributed by atoms with van der Waals surface area (Å²) in [6.45, 7) is -0.0796. The predicted octanol–water partition coefficient (Wildman–Crippen LogP) is 1.05. The highest BCUT2D eigenvalue weighted by Crippen LogP contribution is 2.36. The van der Waals surface area contributed by atoms with E-state index in [1.807, 2.05) is 0 Å². The van der Waals surface area contributed by atoms with Crippen LogP contribution in [0.2, 0.25) is 0 Å². The number of nitrogens with two attached hydrogens (primary N) is 1. The number of ether oxygens (including phenoxy) is 2. The van der Waals surface area contributed by atoms with Gasteiger partial charge in [-0.05, 0) is 36.8 Å². The number of amides is 2. The molecule has 0 radical (unpaired) electrons. The van der Waals surface area contributed by atoms with Crippen LogP contribution >= 0.6 is 0 Å². The average Bonchev–Trinajstić information content (AvgIpc) is 3.09. The van der Waals surface area contributed by atoms with Gasteiger partial charge in [-0.3, -0.25) is 14.4 Å². The van der Waals surface area contributed by atoms with Crippen molar-refractivity contribution in [3.8, 4) is 11.5 Å². The van der Waals surface area contributed by atoms with Crippen LogP contribution in [0.5, 0.6) is 11.5 Å². The summed E-state index contributed by atoms with van der Waals surface area (Å²) in [5.74, 6) is -1.95. The number of fused-ring (bicyclic) bond motifs is 1. The van der Waals surface area contributed by atoms with Gasteiger partial charge in [-0.25, -0.2) is 4.39 Å². The van der Waals surface area contributed by atoms with Gasteiger partial charge in [-0.1, -0.05) is 6.07 Å². The second kappa shape index (κ2) is 8.67. The molecule has 162 valence electrons. The molecule has 3 N–H and O–H groups in total. The molecule has 0 spiro atoms. The SMILES string of the molecule is B[C@@](CCC(=O)O)(C(N)=O)N1Cc2c(OCc3cc(OC)ccc3F)cccc2C1=O. The first kappa shape index (κ1) is 22.1. The van der Waals surface area contributed by atoms with Crippen molar-refractivity contribution in [1.82, 2.24) is 4.90 Å². The van der Waals surface area contributed by atoms with E-state index in [4.69, 9.17) is 20.3 Å². The lowest BCUT2D eigenvalue weighted by atomic mass is 9.72. The minimum Gasteiger partial charge on any atom is -0.497 e. The number of rotatable bonds is 9. The molecule has 1 aliphatic heterocycles. The van der Waals surface area contributed by atoms with Crippen molar-refractivity contribution in [1.29, 1.82) is 0 Å². The number of carboxylic acid groups (broad SMARTS) is 1. The molecule has 3 rings (SSSR count). The van der Waals surface area contributed by atoms with Crippen molar-refractivity contribution in [2.75, 3.05) is 7.11 Å². The minimum absolute atomic E-state index is 0.0178. The van der Waals surface area contributed by atoms with Gasteiger partial charge in [0.1, 0.15) is 31.8 Å². The Hall–Kier alpha value is -3.56. The Morgan fingerprint density at radius 1 is 1.32 bits per heavy atom. The quantitative estimate of drug-likeness (QED) is 0.577. The Kier molecular flexibility index (Phi) is 6.19. The van der Waals surface area contributed by atoms with Gasteiger partial charge in [0.05, 0.1) is 19.1 Å². The summed E-state index contributed by atoms with van der Waals surface area (Å²) in [6.07, 6.45) is -0.444. The molecule has 2 aromatic carbocycles. The minimum atomic E-state index is -1.48. The van der Waals surface area contributed by atoms with Crippen LogP contribution in [0.3, 0.4) is 0 Å². The third kappa shape index (κ3) is 4.33. The van der Waals surface area contributed by atoms with E-state index < -0.39 is 29.0 Å². The lowest BCUT2D eigenvalue weighted by Crippen LogP contribution is -2.58. The van der Waals surface area contributed by atoms with E-state index >= 15 is 0 Å². The van der Waals surface area contributed by atoms with Crippen LogP contribution < -0.4 is 15.2 Å². The third-order valence-electron chi connectivity index (χ3n) is 5.51. The molecule has 0 saturated carbocycles. The van der Waals surface area contributed by atoms with E-state index in [1.165, 1.54) is 38.1 Å². The molecular formula is C21H22BFN2O6. The van der Waals surface area contributed by atoms with Gasteiger partial charge in [-0.2, -0.15) is 0 Å². The number of nitrogens with zero attached hydrogens (tertiary/aromatic N) is 1. The van der Waals surface area contributed by atoms with Crippen molar-refractivity contribution in [3.05, 3.63) is 58.9 Å². The number of primary amides is 1. The molecule has 1 aliphatic rings. The molecule has 0 unspecified atom stereocenters. The van der Waals surface area contributed by atoms with Gasteiger partial charge in [0.2, 0.25) is 5.91 Å². The summed E-state index contributed by atoms with van der Waals surface area (Å²) >= 11 is 0. The molecule has 1 atom stereocenters. The van der Waals surface area contributed by atoms with Crippen LogP contribution in [0.15, 0.2) is 36.4 Å². The second-order valence-corrected chi connectivity index (χ2v) is 7.45. The second-order valence-electron chi connectivity index (χ2n) is 7.45. The Labute approximate surface area is 179 Å². The molecule has 0 fully saturated rings. The lowest BCUT2D eigenvalue weighted by Gasteiger charge is -2.36. The van der Waals surface area contributed by atoms with Crippen molar-refractivity contribution in [2.45, 2.75) is 31.4 Å². The highest BCUT2D eigenvalue weighted by molar-refractivity contribution is 6.30. The van der Waals surface area contributed by atoms with Crippen LogP contribution in [0.4, 0.5) is 4.39 Å². The Morgan fingerprint density at radius 2 is 2.06 bits per heavy atom. The maximum atomic E-state index is 14.1. The zero-order valence-electron chi connectivity index (χ0n) is 17.2. The number of halogens is 1. The molecule has 2 amide bonds. The number of hydrogen-bond donors (Lipinski definition) is 2. The first-order valence-electron chi connectivity index (χ1n) is 9.58. The number of carbonyl (C=O) groups is 3. The van der Waals surface area contributed by atoms with Crippen LogP contribution in [0.25, 0.3) is 0 Å². The first-order valence-corrected chi connectivity index (χ1v) is 9.58. The summed E-state index contributed by atoms with van der Waals surface area (Å²) < 4.78 is 25.0. The van der Waals surface area contributed by atoms with E-state index in [0.717, 1.165) is 0 Å².